The van der Waals surface area contributed by atoms with Crippen LogP contribution in [0.2, 0.25) is 0 Å². The molecule has 0 heterocycles. The number of hydrogen-bond acceptors (Lipinski definition) is 2. The zero-order valence-corrected chi connectivity index (χ0v) is 10.9. The van der Waals surface area contributed by atoms with E-state index in [2.05, 4.69) is 10.6 Å². The van der Waals surface area contributed by atoms with Crippen LogP contribution in [0.4, 0.5) is 16.2 Å². The molecule has 0 unspecified atom stereocenters. The Bertz CT molecular complexity index is 592. The van der Waals surface area contributed by atoms with Crippen molar-refractivity contribution in [2.24, 2.45) is 0 Å². The number of aryl methyl sites for hydroxylation is 2. The van der Waals surface area contributed by atoms with Gasteiger partial charge in [0.1, 0.15) is 5.75 Å². The van der Waals surface area contributed by atoms with Crippen molar-refractivity contribution in [1.82, 2.24) is 0 Å². The topological polar surface area (TPSA) is 61.4 Å². The molecule has 0 atom stereocenters. The van der Waals surface area contributed by atoms with Crippen LogP contribution in [0.25, 0.3) is 0 Å². The van der Waals surface area contributed by atoms with Crippen molar-refractivity contribution in [3.63, 3.8) is 0 Å². The highest BCUT2D eigenvalue weighted by Gasteiger charge is 2.04. The van der Waals surface area contributed by atoms with Crippen molar-refractivity contribution >= 4 is 17.4 Å². The number of urea groups is 1. The molecule has 0 radical (unpaired) electrons. The second-order valence-electron chi connectivity index (χ2n) is 4.45. The summed E-state index contributed by atoms with van der Waals surface area (Å²) in [4.78, 5) is 11.8. The molecule has 0 spiro atoms. The molecule has 98 valence electrons. The van der Waals surface area contributed by atoms with Crippen LogP contribution in [-0.2, 0) is 0 Å². The zero-order valence-electron chi connectivity index (χ0n) is 10.9. The summed E-state index contributed by atoms with van der Waals surface area (Å²) in [5.74, 6) is 0.212. The minimum absolute atomic E-state index is 0.212. The average molecular weight is 256 g/mol. The summed E-state index contributed by atoms with van der Waals surface area (Å²) in [6.07, 6.45) is 0. The molecule has 3 N–H and O–H groups in total. The van der Waals surface area contributed by atoms with E-state index in [4.69, 9.17) is 0 Å². The number of rotatable bonds is 2. The molecule has 0 saturated heterocycles. The smallest absolute Gasteiger partial charge is 0.323 e. The van der Waals surface area contributed by atoms with Crippen LogP contribution < -0.4 is 10.6 Å². The van der Waals surface area contributed by atoms with Crippen LogP contribution in [0.15, 0.2) is 42.5 Å². The predicted molar refractivity (Wildman–Crippen MR) is 76.7 cm³/mol. The summed E-state index contributed by atoms with van der Waals surface area (Å²) in [6.45, 7) is 3.77. The second-order valence-corrected chi connectivity index (χ2v) is 4.45. The maximum absolute atomic E-state index is 11.8. The number of phenols is 1. The van der Waals surface area contributed by atoms with Gasteiger partial charge in [-0.1, -0.05) is 17.7 Å². The maximum Gasteiger partial charge on any atom is 0.323 e. The van der Waals surface area contributed by atoms with Gasteiger partial charge in [-0.2, -0.15) is 0 Å². The molecule has 0 fully saturated rings. The summed E-state index contributed by atoms with van der Waals surface area (Å²) in [5.41, 5.74) is 3.23. The first-order valence-corrected chi connectivity index (χ1v) is 5.99. The van der Waals surface area contributed by atoms with E-state index in [-0.39, 0.29) is 11.8 Å². The third kappa shape index (κ3) is 3.48. The first kappa shape index (κ1) is 13.0. The van der Waals surface area contributed by atoms with E-state index in [1.165, 1.54) is 0 Å². The SMILES string of the molecule is Cc1ccc(NC(=O)Nc2ccc(O)c(C)c2)cc1. The highest BCUT2D eigenvalue weighted by molar-refractivity contribution is 5.99. The van der Waals surface area contributed by atoms with Gasteiger partial charge in [-0.3, -0.25) is 0 Å². The molecule has 19 heavy (non-hydrogen) atoms. The molecule has 2 rings (SSSR count). The number of phenolic OH excluding ortho intramolecular Hbond substituents is 1. The van der Waals surface area contributed by atoms with Crippen LogP contribution in [-0.4, -0.2) is 11.1 Å². The predicted octanol–water partition coefficient (Wildman–Crippen LogP) is 3.65. The molecule has 4 nitrogen and oxygen atoms in total. The first-order valence-electron chi connectivity index (χ1n) is 5.99. The lowest BCUT2D eigenvalue weighted by Gasteiger charge is -2.09. The summed E-state index contributed by atoms with van der Waals surface area (Å²) in [5, 5.41) is 14.9. The Labute approximate surface area is 112 Å². The normalized spacial score (nSPS) is 10.0. The fourth-order valence-electron chi connectivity index (χ4n) is 1.66. The van der Waals surface area contributed by atoms with Gasteiger partial charge in [0.25, 0.3) is 0 Å². The molecule has 0 aliphatic heterocycles. The number of amides is 2. The third-order valence-corrected chi connectivity index (χ3v) is 2.76. The molecular weight excluding hydrogens is 240 g/mol. The minimum atomic E-state index is -0.311. The van der Waals surface area contributed by atoms with E-state index >= 15 is 0 Å². The maximum atomic E-state index is 11.8. The average Bonchev–Trinajstić information content (AvgIpc) is 2.37. The number of benzene rings is 2. The lowest BCUT2D eigenvalue weighted by Crippen LogP contribution is -2.19. The van der Waals surface area contributed by atoms with Crippen LogP contribution in [0.3, 0.4) is 0 Å². The Hall–Kier alpha value is -2.49. The summed E-state index contributed by atoms with van der Waals surface area (Å²) >= 11 is 0. The van der Waals surface area contributed by atoms with Gasteiger partial charge in [-0.15, -0.1) is 0 Å². The molecule has 0 aromatic heterocycles. The van der Waals surface area contributed by atoms with Gasteiger partial charge >= 0.3 is 6.03 Å². The quantitative estimate of drug-likeness (QED) is 0.718. The van der Waals surface area contributed by atoms with Crippen LogP contribution in [0, 0.1) is 13.8 Å². The van der Waals surface area contributed by atoms with E-state index in [1.807, 2.05) is 31.2 Å². The van der Waals surface area contributed by atoms with Gasteiger partial charge < -0.3 is 15.7 Å². The Morgan fingerprint density at radius 1 is 0.947 bits per heavy atom. The lowest BCUT2D eigenvalue weighted by molar-refractivity contribution is 0.262. The standard InChI is InChI=1S/C15H16N2O2/c1-10-3-5-12(6-4-10)16-15(19)17-13-7-8-14(18)11(2)9-13/h3-9,18H,1-2H3,(H2,16,17,19). The fraction of sp³-hybridized carbons (Fsp3) is 0.133. The van der Waals surface area contributed by atoms with Gasteiger partial charge in [0.15, 0.2) is 0 Å². The molecule has 2 amide bonds. The number of carbonyl (C=O) groups excluding carboxylic acids is 1. The number of nitrogens with one attached hydrogen (secondary N) is 2. The molecule has 0 bridgehead atoms. The zero-order chi connectivity index (χ0) is 13.8. The summed E-state index contributed by atoms with van der Waals surface area (Å²) in [6, 6.07) is 12.2. The van der Waals surface area contributed by atoms with Gasteiger partial charge in [0.05, 0.1) is 0 Å². The Kier molecular flexibility index (Phi) is 3.71. The van der Waals surface area contributed by atoms with Gasteiger partial charge in [-0.25, -0.2) is 4.79 Å². The first-order chi connectivity index (χ1) is 9.04. The number of carbonyl (C=O) groups is 1. The van der Waals surface area contributed by atoms with Gasteiger partial charge in [-0.05, 0) is 49.7 Å². The fourth-order valence-corrected chi connectivity index (χ4v) is 1.66. The summed E-state index contributed by atoms with van der Waals surface area (Å²) in [7, 11) is 0. The third-order valence-electron chi connectivity index (χ3n) is 2.76. The minimum Gasteiger partial charge on any atom is -0.508 e. The van der Waals surface area contributed by atoms with Crippen molar-refractivity contribution in [1.29, 1.82) is 0 Å². The van der Waals surface area contributed by atoms with E-state index in [1.54, 1.807) is 25.1 Å². The van der Waals surface area contributed by atoms with Gasteiger partial charge in [0.2, 0.25) is 0 Å². The highest BCUT2D eigenvalue weighted by Crippen LogP contribution is 2.20. The van der Waals surface area contributed by atoms with Crippen LogP contribution in [0.1, 0.15) is 11.1 Å². The van der Waals surface area contributed by atoms with Crippen LogP contribution in [0.5, 0.6) is 5.75 Å². The van der Waals surface area contributed by atoms with Crippen molar-refractivity contribution in [3.8, 4) is 5.75 Å². The Morgan fingerprint density at radius 3 is 2.16 bits per heavy atom. The molecule has 0 saturated carbocycles. The molecule has 2 aromatic rings. The van der Waals surface area contributed by atoms with Crippen molar-refractivity contribution in [3.05, 3.63) is 53.6 Å². The molecule has 0 aliphatic rings. The Balaban J connectivity index is 2.01. The molecule has 2 aromatic carbocycles. The molecule has 4 heteroatoms. The van der Waals surface area contributed by atoms with E-state index < -0.39 is 0 Å². The van der Waals surface area contributed by atoms with E-state index in [0.717, 1.165) is 11.3 Å². The molecule has 0 aliphatic carbocycles. The van der Waals surface area contributed by atoms with Crippen LogP contribution >= 0.6 is 0 Å². The van der Waals surface area contributed by atoms with Gasteiger partial charge in [0, 0.05) is 11.4 Å². The van der Waals surface area contributed by atoms with Crippen molar-refractivity contribution in [2.45, 2.75) is 13.8 Å². The number of hydrogen-bond donors (Lipinski definition) is 3. The van der Waals surface area contributed by atoms with E-state index in [0.29, 0.717) is 11.3 Å². The highest BCUT2D eigenvalue weighted by atomic mass is 16.3. The second kappa shape index (κ2) is 5.44. The van der Waals surface area contributed by atoms with Crippen molar-refractivity contribution in [2.75, 3.05) is 10.6 Å². The number of aromatic hydroxyl groups is 1. The largest absolute Gasteiger partial charge is 0.508 e. The summed E-state index contributed by atoms with van der Waals surface area (Å²) < 4.78 is 0. The van der Waals surface area contributed by atoms with Crippen molar-refractivity contribution < 1.29 is 9.90 Å². The number of anilines is 2. The van der Waals surface area contributed by atoms with E-state index in [9.17, 15) is 9.90 Å². The Morgan fingerprint density at radius 2 is 1.53 bits per heavy atom. The monoisotopic (exact) mass is 256 g/mol. The molecular formula is C15H16N2O2. The lowest BCUT2D eigenvalue weighted by atomic mass is 10.2.